The molecule has 0 radical (unpaired) electrons. The minimum absolute atomic E-state index is 0. The van der Waals surface area contributed by atoms with Crippen LogP contribution in [0.15, 0.2) is 35.6 Å². The van der Waals surface area contributed by atoms with Gasteiger partial charge < -0.3 is 20.1 Å². The van der Waals surface area contributed by atoms with E-state index in [4.69, 9.17) is 9.47 Å². The summed E-state index contributed by atoms with van der Waals surface area (Å²) in [5, 5.41) is 6.15. The Morgan fingerprint density at radius 2 is 2.00 bits per heavy atom. The lowest BCUT2D eigenvalue weighted by Crippen LogP contribution is -2.37. The Labute approximate surface area is 186 Å². The van der Waals surface area contributed by atoms with Gasteiger partial charge in [0.2, 0.25) is 0 Å². The number of aromatic nitrogens is 2. The van der Waals surface area contributed by atoms with Gasteiger partial charge in [-0.1, -0.05) is 12.1 Å². The quantitative estimate of drug-likeness (QED) is 0.216. The molecule has 0 unspecified atom stereocenters. The molecule has 29 heavy (non-hydrogen) atoms. The van der Waals surface area contributed by atoms with Crippen LogP contribution in [-0.2, 0) is 17.8 Å². The Kier molecular flexibility index (Phi) is 11.5. The summed E-state index contributed by atoms with van der Waals surface area (Å²) in [5.41, 5.74) is 2.05. The number of nitrogens with one attached hydrogen (secondary N) is 2. The molecule has 162 valence electrons. The average molecular weight is 523 g/mol. The largest absolute Gasteiger partial charge is 0.491 e. The summed E-state index contributed by atoms with van der Waals surface area (Å²) in [6.45, 7) is 3.54. The van der Waals surface area contributed by atoms with Crippen molar-refractivity contribution in [3.05, 3.63) is 47.5 Å². The Morgan fingerprint density at radius 1 is 1.24 bits per heavy atom. The number of nitrogens with zero attached hydrogens (tertiary/aromatic N) is 3. The topological polar surface area (TPSA) is 72.7 Å². The van der Waals surface area contributed by atoms with Crippen molar-refractivity contribution in [1.29, 1.82) is 0 Å². The molecule has 0 aliphatic rings. The number of ether oxygens (including phenoxy) is 2. The molecule has 7 nitrogen and oxygen atoms in total. The first-order chi connectivity index (χ1) is 13.5. The lowest BCUT2D eigenvalue weighted by molar-refractivity contribution is 0.0668. The predicted molar refractivity (Wildman–Crippen MR) is 119 cm³/mol. The molecule has 0 fully saturated rings. The van der Waals surface area contributed by atoms with E-state index in [0.29, 0.717) is 32.3 Å². The molecule has 0 aliphatic heterocycles. The second-order valence-corrected chi connectivity index (χ2v) is 5.96. The van der Waals surface area contributed by atoms with Crippen LogP contribution in [0, 0.1) is 6.92 Å². The fourth-order valence-corrected chi connectivity index (χ4v) is 2.52. The van der Waals surface area contributed by atoms with Crippen LogP contribution in [0.1, 0.15) is 30.4 Å². The fraction of sp³-hybridized carbons (Fsp3) is 0.474. The van der Waals surface area contributed by atoms with Crippen LogP contribution in [0.4, 0.5) is 8.78 Å². The lowest BCUT2D eigenvalue weighted by atomic mass is 10.1. The Hall–Kier alpha value is -1.95. The number of hydrogen-bond acceptors (Lipinski definition) is 4. The maximum atomic E-state index is 12.9. The molecule has 0 aliphatic carbocycles. The molecule has 0 amide bonds. The zero-order valence-corrected chi connectivity index (χ0v) is 19.2. The normalized spacial score (nSPS) is 11.3. The molecule has 1 aromatic heterocycles. The first kappa shape index (κ1) is 25.1. The van der Waals surface area contributed by atoms with Crippen LogP contribution in [0.5, 0.6) is 5.75 Å². The third kappa shape index (κ3) is 8.13. The van der Waals surface area contributed by atoms with Crippen LogP contribution < -0.4 is 15.4 Å². The lowest BCUT2D eigenvalue weighted by Gasteiger charge is -2.16. The maximum Gasteiger partial charge on any atom is 0.319 e. The van der Waals surface area contributed by atoms with Gasteiger partial charge in [0.15, 0.2) is 5.96 Å². The Morgan fingerprint density at radius 3 is 2.69 bits per heavy atom. The summed E-state index contributed by atoms with van der Waals surface area (Å²) >= 11 is 0. The summed E-state index contributed by atoms with van der Waals surface area (Å²) in [5.74, 6) is 1.48. The number of alkyl halides is 2. The first-order valence-electron chi connectivity index (χ1n) is 9.09. The third-order valence-electron chi connectivity index (χ3n) is 3.96. The summed E-state index contributed by atoms with van der Waals surface area (Å²) in [6, 6.07) is 5.95. The van der Waals surface area contributed by atoms with Gasteiger partial charge in [0.25, 0.3) is 0 Å². The van der Waals surface area contributed by atoms with Crippen molar-refractivity contribution in [2.24, 2.45) is 4.99 Å². The summed E-state index contributed by atoms with van der Waals surface area (Å²) in [6.07, 6.45) is 2.59. The number of imidazole rings is 1. The average Bonchev–Trinajstić information content (AvgIpc) is 3.15. The van der Waals surface area contributed by atoms with Crippen LogP contribution in [0.3, 0.4) is 0 Å². The molecule has 2 rings (SSSR count). The first-order valence-corrected chi connectivity index (χ1v) is 9.09. The van der Waals surface area contributed by atoms with Crippen LogP contribution in [0.2, 0.25) is 0 Å². The van der Waals surface area contributed by atoms with E-state index < -0.39 is 6.55 Å². The highest BCUT2D eigenvalue weighted by atomic mass is 127. The number of aryl methyl sites for hydroxylation is 1. The van der Waals surface area contributed by atoms with Gasteiger partial charge in [-0.25, -0.2) is 4.98 Å². The number of halogens is 3. The molecule has 0 saturated carbocycles. The molecular weight excluding hydrogens is 495 g/mol. The minimum Gasteiger partial charge on any atom is -0.491 e. The molecule has 2 aromatic rings. The third-order valence-corrected chi connectivity index (χ3v) is 3.96. The van der Waals surface area contributed by atoms with Crippen LogP contribution >= 0.6 is 24.0 Å². The highest BCUT2D eigenvalue weighted by Gasteiger charge is 2.12. The zero-order valence-electron chi connectivity index (χ0n) is 16.8. The molecule has 0 saturated heterocycles. The van der Waals surface area contributed by atoms with Crippen LogP contribution in [-0.4, -0.2) is 42.4 Å². The van der Waals surface area contributed by atoms with Crippen LogP contribution in [0.25, 0.3) is 0 Å². The van der Waals surface area contributed by atoms with E-state index in [2.05, 4.69) is 20.6 Å². The maximum absolute atomic E-state index is 12.9. The molecule has 2 N–H and O–H groups in total. The second-order valence-electron chi connectivity index (χ2n) is 5.96. The van der Waals surface area contributed by atoms with E-state index in [1.807, 2.05) is 32.0 Å². The predicted octanol–water partition coefficient (Wildman–Crippen LogP) is 3.49. The van der Waals surface area contributed by atoms with E-state index in [9.17, 15) is 8.78 Å². The van der Waals surface area contributed by atoms with Gasteiger partial charge in [0, 0.05) is 38.2 Å². The van der Waals surface area contributed by atoms with Gasteiger partial charge in [0.1, 0.15) is 18.2 Å². The smallest absolute Gasteiger partial charge is 0.319 e. The van der Waals surface area contributed by atoms with E-state index in [0.717, 1.165) is 21.4 Å². The second kappa shape index (κ2) is 13.3. The van der Waals surface area contributed by atoms with Gasteiger partial charge in [-0.05, 0) is 25.5 Å². The SMILES string of the molecule is CCOCCOc1cc(C)ccc1CNC(=NC)NCc1nccn1C(F)F.I. The molecule has 1 heterocycles. The summed E-state index contributed by atoms with van der Waals surface area (Å²) < 4.78 is 37.7. The molecule has 1 aromatic carbocycles. The highest BCUT2D eigenvalue weighted by Crippen LogP contribution is 2.20. The number of aliphatic imine (C=N–C) groups is 1. The van der Waals surface area contributed by atoms with Crippen molar-refractivity contribution < 1.29 is 18.3 Å². The summed E-state index contributed by atoms with van der Waals surface area (Å²) in [4.78, 5) is 8.06. The van der Waals surface area contributed by atoms with Gasteiger partial charge >= 0.3 is 6.55 Å². The van der Waals surface area contributed by atoms with E-state index >= 15 is 0 Å². The van der Waals surface area contributed by atoms with E-state index in [1.54, 1.807) is 7.05 Å². The van der Waals surface area contributed by atoms with Crippen molar-refractivity contribution in [1.82, 2.24) is 20.2 Å². The Bertz CT molecular complexity index is 771. The van der Waals surface area contributed by atoms with Crippen molar-refractivity contribution in [3.63, 3.8) is 0 Å². The van der Waals surface area contributed by atoms with E-state index in [-0.39, 0.29) is 36.3 Å². The zero-order chi connectivity index (χ0) is 20.4. The van der Waals surface area contributed by atoms with Gasteiger partial charge in [0.05, 0.1) is 13.2 Å². The number of guanidine groups is 1. The Balaban J connectivity index is 0.00000420. The highest BCUT2D eigenvalue weighted by molar-refractivity contribution is 14.0. The molecule has 0 spiro atoms. The molecule has 10 heteroatoms. The number of rotatable bonds is 10. The van der Waals surface area contributed by atoms with Gasteiger partial charge in [-0.2, -0.15) is 8.78 Å². The van der Waals surface area contributed by atoms with Crippen molar-refractivity contribution in [2.45, 2.75) is 33.5 Å². The van der Waals surface area contributed by atoms with Crippen molar-refractivity contribution in [3.8, 4) is 5.75 Å². The van der Waals surface area contributed by atoms with Gasteiger partial charge in [-0.15, -0.1) is 24.0 Å². The number of benzene rings is 1. The van der Waals surface area contributed by atoms with Crippen molar-refractivity contribution in [2.75, 3.05) is 26.9 Å². The molecule has 0 atom stereocenters. The fourth-order valence-electron chi connectivity index (χ4n) is 2.52. The summed E-state index contributed by atoms with van der Waals surface area (Å²) in [7, 11) is 1.61. The molecule has 0 bridgehead atoms. The molecular formula is C19H28F2IN5O2. The van der Waals surface area contributed by atoms with Crippen molar-refractivity contribution >= 4 is 29.9 Å². The van der Waals surface area contributed by atoms with E-state index in [1.165, 1.54) is 12.4 Å². The monoisotopic (exact) mass is 523 g/mol. The minimum atomic E-state index is -2.63. The standard InChI is InChI=1S/C19H27F2N5O2.HI/c1-4-27-9-10-28-16-11-14(2)5-6-15(16)12-24-19(22-3)25-13-17-23-7-8-26(17)18(20)21;/h5-8,11,18H,4,9-10,12-13H2,1-3H3,(H2,22,24,25);1H. The van der Waals surface area contributed by atoms with Gasteiger partial charge in [-0.3, -0.25) is 9.56 Å². The number of hydrogen-bond donors (Lipinski definition) is 2.